The number of anilines is 1. The van der Waals surface area contributed by atoms with Crippen molar-refractivity contribution in [2.45, 2.75) is 6.54 Å². The number of aromatic nitrogens is 2. The number of pyridine rings is 2. The van der Waals surface area contributed by atoms with Crippen molar-refractivity contribution < 1.29 is 23.5 Å². The number of aliphatic hydroxyl groups is 1. The first-order valence-electron chi connectivity index (χ1n) is 10.5. The van der Waals surface area contributed by atoms with Crippen LogP contribution in [0.3, 0.4) is 0 Å². The van der Waals surface area contributed by atoms with Crippen LogP contribution in [0.5, 0.6) is 0 Å². The maximum absolute atomic E-state index is 14.6. The highest BCUT2D eigenvalue weighted by molar-refractivity contribution is 5.94. The summed E-state index contributed by atoms with van der Waals surface area (Å²) in [7, 11) is 0. The zero-order valence-electron chi connectivity index (χ0n) is 18.3. The Bertz CT molecular complexity index is 1380. The lowest BCUT2D eigenvalue weighted by molar-refractivity contribution is 0.0162. The largest absolute Gasteiger partial charge is 0.394 e. The normalized spacial score (nSPS) is 10.8. The van der Waals surface area contributed by atoms with Crippen LogP contribution in [0.1, 0.15) is 15.9 Å². The fourth-order valence-corrected chi connectivity index (χ4v) is 3.40. The van der Waals surface area contributed by atoms with Gasteiger partial charge in [0, 0.05) is 23.7 Å². The number of benzene rings is 2. The standard InChI is InChI=1S/C24H20F2N6O3/c25-17-11-16(12-18(26)22(17)24(34)32-35-9-8-33)20-5-6-21(31-27)23(30-20)29-13-14-3-4-19-15(10-14)2-1-7-28-19/h1-7,10-12,27,33H,8-9,13H2,(H,29,30)(H,32,34). The fraction of sp³-hybridized carbons (Fsp3) is 0.125. The smallest absolute Gasteiger partial charge is 0.280 e. The molecular formula is C24H20F2N6O3. The summed E-state index contributed by atoms with van der Waals surface area (Å²) in [5.41, 5.74) is 10.8. The molecule has 0 spiro atoms. The molecule has 178 valence electrons. The minimum absolute atomic E-state index is 0.0872. The molecule has 2 aromatic carbocycles. The van der Waals surface area contributed by atoms with E-state index < -0.39 is 23.1 Å². The molecule has 0 bridgehead atoms. The monoisotopic (exact) mass is 478 g/mol. The third kappa shape index (κ3) is 5.42. The van der Waals surface area contributed by atoms with Gasteiger partial charge in [0.15, 0.2) is 5.82 Å². The van der Waals surface area contributed by atoms with Crippen LogP contribution in [0, 0.1) is 17.2 Å². The predicted octanol–water partition coefficient (Wildman–Crippen LogP) is 4.50. The molecule has 2 aromatic heterocycles. The van der Waals surface area contributed by atoms with Gasteiger partial charge in [0.2, 0.25) is 0 Å². The first-order chi connectivity index (χ1) is 17.0. The number of carbonyl (C=O) groups excluding carboxylic acids is 1. The summed E-state index contributed by atoms with van der Waals surface area (Å²) in [6.07, 6.45) is 1.72. The van der Waals surface area contributed by atoms with Crippen LogP contribution in [-0.2, 0) is 11.4 Å². The molecule has 2 heterocycles. The maximum Gasteiger partial charge on any atom is 0.280 e. The Hall–Kier alpha value is -4.35. The van der Waals surface area contributed by atoms with Crippen molar-refractivity contribution in [3.05, 3.63) is 83.6 Å². The molecule has 0 unspecified atom stereocenters. The minimum atomic E-state index is -1.12. The second-order valence-electron chi connectivity index (χ2n) is 7.38. The molecule has 0 saturated heterocycles. The van der Waals surface area contributed by atoms with E-state index in [4.69, 9.17) is 10.6 Å². The van der Waals surface area contributed by atoms with E-state index in [1.165, 1.54) is 12.1 Å². The van der Waals surface area contributed by atoms with Gasteiger partial charge in [-0.1, -0.05) is 12.1 Å². The number of nitrogens with one attached hydrogen (secondary N) is 3. The van der Waals surface area contributed by atoms with Gasteiger partial charge in [-0.3, -0.25) is 14.6 Å². The maximum atomic E-state index is 14.6. The van der Waals surface area contributed by atoms with E-state index in [2.05, 4.69) is 25.2 Å². The third-order valence-corrected chi connectivity index (χ3v) is 5.04. The number of fused-ring (bicyclic) bond motifs is 1. The summed E-state index contributed by atoms with van der Waals surface area (Å²) >= 11 is 0. The van der Waals surface area contributed by atoms with Crippen LogP contribution in [0.25, 0.3) is 22.2 Å². The second-order valence-corrected chi connectivity index (χ2v) is 7.38. The lowest BCUT2D eigenvalue weighted by Crippen LogP contribution is -2.27. The van der Waals surface area contributed by atoms with Crippen LogP contribution < -0.4 is 10.8 Å². The van der Waals surface area contributed by atoms with E-state index >= 15 is 0 Å². The zero-order valence-corrected chi connectivity index (χ0v) is 18.3. The van der Waals surface area contributed by atoms with Crippen molar-refractivity contribution in [1.82, 2.24) is 15.4 Å². The van der Waals surface area contributed by atoms with E-state index in [0.29, 0.717) is 6.54 Å². The van der Waals surface area contributed by atoms with Crippen molar-refractivity contribution >= 4 is 28.3 Å². The summed E-state index contributed by atoms with van der Waals surface area (Å²) in [6.45, 7) is -0.235. The molecule has 0 radical (unpaired) electrons. The molecule has 4 aromatic rings. The Morgan fingerprint density at radius 3 is 2.66 bits per heavy atom. The summed E-state index contributed by atoms with van der Waals surface area (Å²) in [5, 5.41) is 16.2. The highest BCUT2D eigenvalue weighted by atomic mass is 19.1. The van der Waals surface area contributed by atoms with E-state index in [0.717, 1.165) is 28.6 Å². The Morgan fingerprint density at radius 2 is 1.91 bits per heavy atom. The van der Waals surface area contributed by atoms with E-state index in [-0.39, 0.29) is 36.0 Å². The van der Waals surface area contributed by atoms with E-state index in [9.17, 15) is 13.6 Å². The van der Waals surface area contributed by atoms with Gasteiger partial charge >= 0.3 is 0 Å². The highest BCUT2D eigenvalue weighted by Gasteiger charge is 2.20. The number of nitrogens with zero attached hydrogens (tertiary/aromatic N) is 3. The first-order valence-corrected chi connectivity index (χ1v) is 10.5. The Labute approximate surface area is 198 Å². The topological polar surface area (TPSA) is 133 Å². The van der Waals surface area contributed by atoms with E-state index in [1.54, 1.807) is 6.20 Å². The van der Waals surface area contributed by atoms with Gasteiger partial charge in [-0.2, -0.15) is 5.11 Å². The van der Waals surface area contributed by atoms with Crippen LogP contribution >= 0.6 is 0 Å². The van der Waals surface area contributed by atoms with Crippen molar-refractivity contribution in [2.75, 3.05) is 18.5 Å². The summed E-state index contributed by atoms with van der Waals surface area (Å²) in [5.74, 6) is -3.09. The van der Waals surface area contributed by atoms with Gasteiger partial charge < -0.3 is 10.4 Å². The molecule has 0 aliphatic carbocycles. The van der Waals surface area contributed by atoms with Gasteiger partial charge in [0.25, 0.3) is 5.91 Å². The molecule has 4 rings (SSSR count). The van der Waals surface area contributed by atoms with Gasteiger partial charge in [-0.05, 0) is 48.0 Å². The highest BCUT2D eigenvalue weighted by Crippen LogP contribution is 2.30. The number of hydrogen-bond acceptors (Lipinski definition) is 8. The zero-order chi connectivity index (χ0) is 24.8. The third-order valence-electron chi connectivity index (χ3n) is 5.04. The minimum Gasteiger partial charge on any atom is -0.394 e. The molecule has 35 heavy (non-hydrogen) atoms. The van der Waals surface area contributed by atoms with Gasteiger partial charge in [0.05, 0.1) is 24.4 Å². The fourth-order valence-electron chi connectivity index (χ4n) is 3.40. The number of hydroxylamine groups is 1. The lowest BCUT2D eigenvalue weighted by Gasteiger charge is -2.12. The molecule has 11 heteroatoms. The predicted molar refractivity (Wildman–Crippen MR) is 124 cm³/mol. The number of amides is 1. The summed E-state index contributed by atoms with van der Waals surface area (Å²) in [4.78, 5) is 25.3. The number of carbonyl (C=O) groups is 1. The molecule has 0 saturated carbocycles. The van der Waals surface area contributed by atoms with Gasteiger partial charge in [0.1, 0.15) is 22.9 Å². The Kier molecular flexibility index (Phi) is 7.29. The number of halogens is 2. The van der Waals surface area contributed by atoms with Crippen molar-refractivity contribution in [1.29, 1.82) is 5.53 Å². The number of aliphatic hydroxyl groups excluding tert-OH is 1. The van der Waals surface area contributed by atoms with Crippen LogP contribution in [0.2, 0.25) is 0 Å². The first kappa shape index (κ1) is 23.8. The molecule has 0 atom stereocenters. The van der Waals surface area contributed by atoms with E-state index in [1.807, 2.05) is 35.8 Å². The van der Waals surface area contributed by atoms with Crippen molar-refractivity contribution in [3.8, 4) is 11.3 Å². The molecule has 9 nitrogen and oxygen atoms in total. The molecule has 0 fully saturated rings. The Morgan fingerprint density at radius 1 is 1.11 bits per heavy atom. The molecular weight excluding hydrogens is 458 g/mol. The summed E-state index contributed by atoms with van der Waals surface area (Å²) in [6, 6.07) is 14.5. The summed E-state index contributed by atoms with van der Waals surface area (Å²) < 4.78 is 29.2. The van der Waals surface area contributed by atoms with Gasteiger partial charge in [-0.15, -0.1) is 0 Å². The van der Waals surface area contributed by atoms with Crippen LogP contribution in [-0.4, -0.2) is 34.2 Å². The molecule has 0 aliphatic rings. The average molecular weight is 478 g/mol. The SMILES string of the molecule is N=Nc1ccc(-c2cc(F)c(C(=O)NOCCO)c(F)c2)nc1NCc1ccc2ncccc2c1. The van der Waals surface area contributed by atoms with Gasteiger partial charge in [-0.25, -0.2) is 24.8 Å². The molecule has 0 aliphatic heterocycles. The van der Waals surface area contributed by atoms with Crippen LogP contribution in [0.15, 0.2) is 65.9 Å². The van der Waals surface area contributed by atoms with Crippen molar-refractivity contribution in [2.24, 2.45) is 5.11 Å². The van der Waals surface area contributed by atoms with Crippen molar-refractivity contribution in [3.63, 3.8) is 0 Å². The Balaban J connectivity index is 1.58. The molecule has 1 amide bonds. The quantitative estimate of drug-likeness (QED) is 0.159. The number of hydrogen-bond donors (Lipinski definition) is 4. The number of rotatable bonds is 9. The lowest BCUT2D eigenvalue weighted by atomic mass is 10.1. The average Bonchev–Trinajstić information content (AvgIpc) is 2.87. The second kappa shape index (κ2) is 10.7. The van der Waals surface area contributed by atoms with Crippen LogP contribution in [0.4, 0.5) is 20.3 Å². The molecule has 4 N–H and O–H groups in total.